The van der Waals surface area contributed by atoms with Crippen molar-refractivity contribution < 1.29 is 4.79 Å². The summed E-state index contributed by atoms with van der Waals surface area (Å²) in [6.07, 6.45) is 1.90. The number of thioether (sulfide) groups is 1. The number of H-pyrrole nitrogens is 1. The number of amides is 1. The molecule has 2 rings (SSSR count). The summed E-state index contributed by atoms with van der Waals surface area (Å²) in [5, 5.41) is 2.77. The number of halogens is 1. The van der Waals surface area contributed by atoms with Gasteiger partial charge in [-0.2, -0.15) is 11.8 Å². The van der Waals surface area contributed by atoms with Gasteiger partial charge in [0.1, 0.15) is 11.5 Å². The first-order valence-electron chi connectivity index (χ1n) is 6.16. The average Bonchev–Trinajstić information content (AvgIpc) is 2.41. The third-order valence-electron chi connectivity index (χ3n) is 2.74. The molecule has 0 saturated carbocycles. The van der Waals surface area contributed by atoms with E-state index in [9.17, 15) is 9.59 Å². The van der Waals surface area contributed by atoms with Crippen LogP contribution in [-0.2, 0) is 5.75 Å². The molecule has 2 N–H and O–H groups in total. The second-order valence-corrected chi connectivity index (χ2v) is 6.21. The van der Waals surface area contributed by atoms with Gasteiger partial charge in [-0.15, -0.1) is 0 Å². The number of hydrogen-bond acceptors (Lipinski definition) is 4. The minimum Gasteiger partial charge on any atom is -0.320 e. The molecule has 0 saturated heterocycles. The number of nitrogens with one attached hydrogen (secondary N) is 2. The van der Waals surface area contributed by atoms with Gasteiger partial charge < -0.3 is 10.3 Å². The summed E-state index contributed by atoms with van der Waals surface area (Å²) in [7, 11) is 0. The largest absolute Gasteiger partial charge is 0.320 e. The normalized spacial score (nSPS) is 10.4. The predicted octanol–water partition coefficient (Wildman–Crippen LogP) is 2.96. The Labute approximate surface area is 134 Å². The topological polar surface area (TPSA) is 74.8 Å². The molecule has 0 radical (unpaired) electrons. The number of anilines is 1. The molecule has 1 heterocycles. The van der Waals surface area contributed by atoms with Gasteiger partial charge in [0.15, 0.2) is 0 Å². The Morgan fingerprint density at radius 1 is 1.43 bits per heavy atom. The summed E-state index contributed by atoms with van der Waals surface area (Å²) in [4.78, 5) is 30.6. The third-order valence-corrected chi connectivity index (χ3v) is 3.80. The predicted molar refractivity (Wildman–Crippen MR) is 88.9 cm³/mol. The van der Waals surface area contributed by atoms with Crippen molar-refractivity contribution in [3.05, 3.63) is 56.2 Å². The van der Waals surface area contributed by atoms with Gasteiger partial charge in [0.05, 0.1) is 5.75 Å². The van der Waals surface area contributed by atoms with Crippen LogP contribution in [0.15, 0.2) is 33.5 Å². The molecule has 110 valence electrons. The first-order chi connectivity index (χ1) is 9.99. The molecule has 1 aromatic heterocycles. The zero-order valence-corrected chi connectivity index (χ0v) is 14.0. The van der Waals surface area contributed by atoms with E-state index in [1.807, 2.05) is 25.3 Å². The number of aromatic amines is 1. The molecule has 7 heteroatoms. The van der Waals surface area contributed by atoms with Gasteiger partial charge in [0, 0.05) is 16.2 Å². The van der Waals surface area contributed by atoms with Crippen LogP contribution < -0.4 is 10.9 Å². The molecule has 0 aliphatic heterocycles. The molecule has 1 amide bonds. The molecule has 2 aromatic rings. The van der Waals surface area contributed by atoms with Gasteiger partial charge in [-0.05, 0) is 36.9 Å². The molecule has 0 aliphatic rings. The Balaban J connectivity index is 2.25. The van der Waals surface area contributed by atoms with Crippen molar-refractivity contribution in [1.29, 1.82) is 0 Å². The molecule has 0 bridgehead atoms. The lowest BCUT2D eigenvalue weighted by molar-refractivity contribution is 0.102. The molecule has 1 aromatic carbocycles. The summed E-state index contributed by atoms with van der Waals surface area (Å²) in [6, 6.07) is 6.74. The van der Waals surface area contributed by atoms with Crippen molar-refractivity contribution in [3.63, 3.8) is 0 Å². The fraction of sp³-hybridized carbons (Fsp3) is 0.214. The summed E-state index contributed by atoms with van der Waals surface area (Å²) in [5.41, 5.74) is 1.40. The van der Waals surface area contributed by atoms with Gasteiger partial charge >= 0.3 is 0 Å². The highest BCUT2D eigenvalue weighted by Crippen LogP contribution is 2.20. The maximum Gasteiger partial charge on any atom is 0.274 e. The number of aryl methyl sites for hydroxylation is 1. The molecule has 0 unspecified atom stereocenters. The summed E-state index contributed by atoms with van der Waals surface area (Å²) >= 11 is 4.89. The number of nitrogens with zero attached hydrogens (tertiary/aromatic N) is 1. The van der Waals surface area contributed by atoms with E-state index in [0.29, 0.717) is 17.3 Å². The molecule has 21 heavy (non-hydrogen) atoms. The molecular weight excluding hydrogens is 354 g/mol. The van der Waals surface area contributed by atoms with Crippen LogP contribution in [0.2, 0.25) is 0 Å². The summed E-state index contributed by atoms with van der Waals surface area (Å²) in [6.45, 7) is 1.89. The van der Waals surface area contributed by atoms with Crippen LogP contribution in [0, 0.1) is 6.92 Å². The van der Waals surface area contributed by atoms with Crippen molar-refractivity contribution >= 4 is 39.3 Å². The van der Waals surface area contributed by atoms with E-state index in [1.54, 1.807) is 6.07 Å². The smallest absolute Gasteiger partial charge is 0.274 e. The van der Waals surface area contributed by atoms with Gasteiger partial charge in [0.2, 0.25) is 0 Å². The minimum absolute atomic E-state index is 0.116. The fourth-order valence-corrected chi connectivity index (χ4v) is 2.67. The van der Waals surface area contributed by atoms with Gasteiger partial charge in [-0.25, -0.2) is 4.98 Å². The highest BCUT2D eigenvalue weighted by atomic mass is 79.9. The first-order valence-corrected chi connectivity index (χ1v) is 8.35. The Morgan fingerprint density at radius 3 is 2.86 bits per heavy atom. The van der Waals surface area contributed by atoms with Gasteiger partial charge in [-0.3, -0.25) is 9.59 Å². The van der Waals surface area contributed by atoms with Crippen LogP contribution in [0.3, 0.4) is 0 Å². The van der Waals surface area contributed by atoms with Crippen molar-refractivity contribution in [2.45, 2.75) is 12.7 Å². The van der Waals surface area contributed by atoms with Crippen molar-refractivity contribution in [1.82, 2.24) is 9.97 Å². The lowest BCUT2D eigenvalue weighted by Gasteiger charge is -2.09. The number of hydrogen-bond donors (Lipinski definition) is 2. The van der Waals surface area contributed by atoms with Crippen molar-refractivity contribution in [3.8, 4) is 0 Å². The molecule has 0 fully saturated rings. The minimum atomic E-state index is -0.395. The second-order valence-electron chi connectivity index (χ2n) is 4.42. The highest BCUT2D eigenvalue weighted by molar-refractivity contribution is 9.10. The lowest BCUT2D eigenvalue weighted by Crippen LogP contribution is -2.20. The molecule has 0 atom stereocenters. The zero-order valence-electron chi connectivity index (χ0n) is 11.6. The fourth-order valence-electron chi connectivity index (χ4n) is 1.78. The van der Waals surface area contributed by atoms with E-state index in [2.05, 4.69) is 31.2 Å². The zero-order chi connectivity index (χ0) is 15.4. The van der Waals surface area contributed by atoms with Crippen molar-refractivity contribution in [2.24, 2.45) is 0 Å². The molecule has 0 spiro atoms. The summed E-state index contributed by atoms with van der Waals surface area (Å²) in [5.74, 6) is 0.648. The maximum absolute atomic E-state index is 12.2. The Hall–Kier alpha value is -1.60. The van der Waals surface area contributed by atoms with Crippen LogP contribution in [0.4, 0.5) is 5.69 Å². The van der Waals surface area contributed by atoms with E-state index < -0.39 is 5.91 Å². The monoisotopic (exact) mass is 367 g/mol. The molecule has 0 aliphatic carbocycles. The third kappa shape index (κ3) is 4.18. The number of rotatable bonds is 4. The number of aromatic nitrogens is 2. The maximum atomic E-state index is 12.2. The van der Waals surface area contributed by atoms with Crippen LogP contribution in [-0.4, -0.2) is 22.1 Å². The van der Waals surface area contributed by atoms with E-state index >= 15 is 0 Å². The van der Waals surface area contributed by atoms with Crippen LogP contribution in [0.5, 0.6) is 0 Å². The van der Waals surface area contributed by atoms with E-state index in [-0.39, 0.29) is 11.3 Å². The molecule has 5 nitrogen and oxygen atoms in total. The standard InChI is InChI=1S/C14H14BrN3O2S/c1-8-5-9(15)3-4-10(8)17-14(20)11-6-13(19)18-12(16-11)7-21-2/h3-6H,7H2,1-2H3,(H,17,20)(H,16,18,19). The second kappa shape index (κ2) is 6.91. The Bertz CT molecular complexity index is 730. The van der Waals surface area contributed by atoms with Gasteiger partial charge in [0.25, 0.3) is 11.5 Å². The van der Waals surface area contributed by atoms with E-state index in [1.165, 1.54) is 17.8 Å². The summed E-state index contributed by atoms with van der Waals surface area (Å²) < 4.78 is 0.939. The lowest BCUT2D eigenvalue weighted by atomic mass is 10.2. The van der Waals surface area contributed by atoms with Gasteiger partial charge in [-0.1, -0.05) is 15.9 Å². The number of carbonyl (C=O) groups excluding carboxylic acids is 1. The highest BCUT2D eigenvalue weighted by Gasteiger charge is 2.11. The molecular formula is C14H14BrN3O2S. The Morgan fingerprint density at radius 2 is 2.19 bits per heavy atom. The van der Waals surface area contributed by atoms with E-state index in [0.717, 1.165) is 10.0 Å². The number of carbonyl (C=O) groups is 1. The average molecular weight is 368 g/mol. The van der Waals surface area contributed by atoms with Crippen LogP contribution >= 0.6 is 27.7 Å². The van der Waals surface area contributed by atoms with Crippen LogP contribution in [0.1, 0.15) is 21.9 Å². The van der Waals surface area contributed by atoms with Crippen LogP contribution in [0.25, 0.3) is 0 Å². The SMILES string of the molecule is CSCc1nc(C(=O)Nc2ccc(Br)cc2C)cc(=O)[nH]1. The quantitative estimate of drug-likeness (QED) is 0.870. The van der Waals surface area contributed by atoms with Crippen molar-refractivity contribution in [2.75, 3.05) is 11.6 Å². The number of benzene rings is 1. The Kier molecular flexibility index (Phi) is 5.19. The van der Waals surface area contributed by atoms with E-state index in [4.69, 9.17) is 0 Å². The first kappa shape index (κ1) is 15.8.